The van der Waals surface area contributed by atoms with Gasteiger partial charge in [0, 0.05) is 31.5 Å². The Hall–Kier alpha value is -2.38. The maximum absolute atomic E-state index is 11.9. The van der Waals surface area contributed by atoms with Gasteiger partial charge in [-0.3, -0.25) is 14.4 Å². The van der Waals surface area contributed by atoms with Crippen molar-refractivity contribution in [2.45, 2.75) is 25.9 Å². The van der Waals surface area contributed by atoms with Crippen molar-refractivity contribution in [1.29, 1.82) is 0 Å². The van der Waals surface area contributed by atoms with E-state index in [-0.39, 0.29) is 31.7 Å². The van der Waals surface area contributed by atoms with Gasteiger partial charge in [0.25, 0.3) is 0 Å². The van der Waals surface area contributed by atoms with Gasteiger partial charge in [-0.1, -0.05) is 29.8 Å². The van der Waals surface area contributed by atoms with Gasteiger partial charge in [-0.15, -0.1) is 0 Å². The van der Waals surface area contributed by atoms with E-state index < -0.39 is 18.0 Å². The van der Waals surface area contributed by atoms with Gasteiger partial charge in [-0.05, 0) is 6.92 Å². The fourth-order valence-corrected chi connectivity index (χ4v) is 1.68. The minimum absolute atomic E-state index is 0.00377. The molecule has 0 fully saturated rings. The number of carbonyl (C=O) groups excluding carboxylic acids is 3. The smallest absolute Gasteiger partial charge is 0.354 e. The van der Waals surface area contributed by atoms with E-state index >= 15 is 0 Å². The number of hydrogen-bond donors (Lipinski definition) is 2. The molecule has 23 heavy (non-hydrogen) atoms. The van der Waals surface area contributed by atoms with E-state index in [0.29, 0.717) is 5.56 Å². The SMILES string of the molecule is Cc1ccc(C(=O)CCC(=O)NCCNC(=O)C(F)(F)F)cc1. The number of rotatable bonds is 7. The number of nitrogens with one attached hydrogen (secondary N) is 2. The Morgan fingerprint density at radius 2 is 1.52 bits per heavy atom. The van der Waals surface area contributed by atoms with E-state index in [9.17, 15) is 27.6 Å². The van der Waals surface area contributed by atoms with Crippen LogP contribution in [0.1, 0.15) is 28.8 Å². The van der Waals surface area contributed by atoms with Crippen molar-refractivity contribution < 1.29 is 27.6 Å². The Bertz CT molecular complexity index is 568. The van der Waals surface area contributed by atoms with E-state index in [4.69, 9.17) is 0 Å². The van der Waals surface area contributed by atoms with Crippen molar-refractivity contribution >= 4 is 17.6 Å². The quantitative estimate of drug-likeness (QED) is 0.591. The molecule has 8 heteroatoms. The van der Waals surface area contributed by atoms with E-state index in [2.05, 4.69) is 5.32 Å². The summed E-state index contributed by atoms with van der Waals surface area (Å²) in [6, 6.07) is 6.91. The lowest BCUT2D eigenvalue weighted by atomic mass is 10.1. The minimum atomic E-state index is -4.94. The summed E-state index contributed by atoms with van der Waals surface area (Å²) in [6.45, 7) is 1.41. The Morgan fingerprint density at radius 3 is 2.09 bits per heavy atom. The van der Waals surface area contributed by atoms with Crippen LogP contribution in [0.3, 0.4) is 0 Å². The van der Waals surface area contributed by atoms with Crippen molar-refractivity contribution in [1.82, 2.24) is 10.6 Å². The number of amides is 2. The zero-order valence-electron chi connectivity index (χ0n) is 12.5. The molecule has 2 N–H and O–H groups in total. The lowest BCUT2D eigenvalue weighted by Gasteiger charge is -2.08. The average Bonchev–Trinajstić information content (AvgIpc) is 2.48. The number of aryl methyl sites for hydroxylation is 1. The molecular formula is C15H17F3N2O3. The molecule has 1 aromatic carbocycles. The van der Waals surface area contributed by atoms with E-state index in [1.807, 2.05) is 6.92 Å². The minimum Gasteiger partial charge on any atom is -0.354 e. The Kier molecular flexibility index (Phi) is 6.74. The number of ketones is 1. The zero-order valence-corrected chi connectivity index (χ0v) is 12.5. The summed E-state index contributed by atoms with van der Waals surface area (Å²) in [4.78, 5) is 33.8. The third kappa shape index (κ3) is 6.94. The Morgan fingerprint density at radius 1 is 0.957 bits per heavy atom. The molecule has 5 nitrogen and oxygen atoms in total. The van der Waals surface area contributed by atoms with Crippen molar-refractivity contribution in [2.24, 2.45) is 0 Å². The summed E-state index contributed by atoms with van der Waals surface area (Å²) in [5.74, 6) is -2.71. The number of hydrogen-bond acceptors (Lipinski definition) is 3. The summed E-state index contributed by atoms with van der Waals surface area (Å²) < 4.78 is 35.7. The van der Waals surface area contributed by atoms with Gasteiger partial charge in [0.1, 0.15) is 0 Å². The molecule has 0 aliphatic rings. The Labute approximate surface area is 131 Å². The highest BCUT2D eigenvalue weighted by molar-refractivity contribution is 5.97. The molecule has 0 saturated carbocycles. The third-order valence-electron chi connectivity index (χ3n) is 2.94. The molecule has 0 aliphatic carbocycles. The predicted molar refractivity (Wildman–Crippen MR) is 76.8 cm³/mol. The topological polar surface area (TPSA) is 75.3 Å². The molecule has 0 unspecified atom stereocenters. The summed E-state index contributed by atoms with van der Waals surface area (Å²) in [5, 5.41) is 3.96. The second kappa shape index (κ2) is 8.30. The first kappa shape index (κ1) is 18.7. The molecule has 0 saturated heterocycles. The van der Waals surface area contributed by atoms with Crippen LogP contribution >= 0.6 is 0 Å². The highest BCUT2D eigenvalue weighted by Gasteiger charge is 2.38. The highest BCUT2D eigenvalue weighted by atomic mass is 19.4. The van der Waals surface area contributed by atoms with Gasteiger partial charge in [-0.25, -0.2) is 0 Å². The number of benzene rings is 1. The molecule has 2 amide bonds. The lowest BCUT2D eigenvalue weighted by molar-refractivity contribution is -0.173. The number of carbonyl (C=O) groups is 3. The van der Waals surface area contributed by atoms with Crippen LogP contribution < -0.4 is 10.6 Å². The number of Topliss-reactive ketones (excluding diaryl/α,β-unsaturated/α-hetero) is 1. The molecule has 0 heterocycles. The van der Waals surface area contributed by atoms with Crippen LogP contribution in [0, 0.1) is 6.92 Å². The van der Waals surface area contributed by atoms with Crippen molar-refractivity contribution in [2.75, 3.05) is 13.1 Å². The summed E-state index contributed by atoms with van der Waals surface area (Å²) in [7, 11) is 0. The van der Waals surface area contributed by atoms with Gasteiger partial charge >= 0.3 is 12.1 Å². The summed E-state index contributed by atoms with van der Waals surface area (Å²) >= 11 is 0. The van der Waals surface area contributed by atoms with Gasteiger partial charge < -0.3 is 10.6 Å². The van der Waals surface area contributed by atoms with Gasteiger partial charge in [-0.2, -0.15) is 13.2 Å². The van der Waals surface area contributed by atoms with Crippen LogP contribution in [0.5, 0.6) is 0 Å². The second-order valence-electron chi connectivity index (χ2n) is 4.89. The first-order valence-corrected chi connectivity index (χ1v) is 6.91. The van der Waals surface area contributed by atoms with Crippen LogP contribution in [0.15, 0.2) is 24.3 Å². The van der Waals surface area contributed by atoms with Crippen LogP contribution in [0.25, 0.3) is 0 Å². The maximum atomic E-state index is 11.9. The van der Waals surface area contributed by atoms with Crippen LogP contribution in [-0.2, 0) is 9.59 Å². The molecule has 0 bridgehead atoms. The fourth-order valence-electron chi connectivity index (χ4n) is 1.68. The molecule has 0 spiro atoms. The molecule has 1 aromatic rings. The molecular weight excluding hydrogens is 313 g/mol. The average molecular weight is 330 g/mol. The van der Waals surface area contributed by atoms with Gasteiger partial charge in [0.15, 0.2) is 5.78 Å². The molecule has 0 atom stereocenters. The van der Waals surface area contributed by atoms with Crippen LogP contribution in [-0.4, -0.2) is 36.9 Å². The standard InChI is InChI=1S/C15H17F3N2O3/c1-10-2-4-11(5-3-10)12(21)6-7-13(22)19-8-9-20-14(23)15(16,17)18/h2-5H,6-9H2,1H3,(H,19,22)(H,20,23). The maximum Gasteiger partial charge on any atom is 0.471 e. The third-order valence-corrected chi connectivity index (χ3v) is 2.94. The normalized spacial score (nSPS) is 11.0. The Balaban J connectivity index is 2.23. The molecule has 0 aromatic heterocycles. The lowest BCUT2D eigenvalue weighted by Crippen LogP contribution is -2.41. The zero-order chi connectivity index (χ0) is 17.5. The number of alkyl halides is 3. The van der Waals surface area contributed by atoms with Crippen LogP contribution in [0.4, 0.5) is 13.2 Å². The first-order chi connectivity index (χ1) is 10.7. The van der Waals surface area contributed by atoms with Crippen molar-refractivity contribution in [3.8, 4) is 0 Å². The highest BCUT2D eigenvalue weighted by Crippen LogP contribution is 2.13. The van der Waals surface area contributed by atoms with Gasteiger partial charge in [0.05, 0.1) is 0 Å². The molecule has 1 rings (SSSR count). The predicted octanol–water partition coefficient (Wildman–Crippen LogP) is 1.75. The molecule has 126 valence electrons. The van der Waals surface area contributed by atoms with Crippen molar-refractivity contribution in [3.63, 3.8) is 0 Å². The summed E-state index contributed by atoms with van der Waals surface area (Å²) in [6.07, 6.45) is -5.01. The monoisotopic (exact) mass is 330 g/mol. The van der Waals surface area contributed by atoms with E-state index in [1.165, 1.54) is 0 Å². The fraction of sp³-hybridized carbons (Fsp3) is 0.400. The van der Waals surface area contributed by atoms with E-state index in [1.54, 1.807) is 29.6 Å². The number of halogens is 3. The molecule has 0 aliphatic heterocycles. The largest absolute Gasteiger partial charge is 0.471 e. The molecule has 0 radical (unpaired) electrons. The second-order valence-corrected chi connectivity index (χ2v) is 4.89. The summed E-state index contributed by atoms with van der Waals surface area (Å²) in [5.41, 5.74) is 1.51. The van der Waals surface area contributed by atoms with E-state index in [0.717, 1.165) is 5.56 Å². The first-order valence-electron chi connectivity index (χ1n) is 6.91. The van der Waals surface area contributed by atoms with Gasteiger partial charge in [0.2, 0.25) is 5.91 Å². The van der Waals surface area contributed by atoms with Crippen molar-refractivity contribution in [3.05, 3.63) is 35.4 Å². The van der Waals surface area contributed by atoms with Crippen LogP contribution in [0.2, 0.25) is 0 Å².